The van der Waals surface area contributed by atoms with Gasteiger partial charge < -0.3 is 9.72 Å². The number of H-pyrrole nitrogens is 1. The van der Waals surface area contributed by atoms with E-state index in [2.05, 4.69) is 9.72 Å². The highest BCUT2D eigenvalue weighted by Crippen LogP contribution is 1.82. The molecule has 1 rings (SSSR count). The van der Waals surface area contributed by atoms with Gasteiger partial charge in [-0.1, -0.05) is 0 Å². The molecule has 0 radical (unpaired) electrons. The number of hydrogen-bond donors (Lipinski definition) is 1. The SMILES string of the molecule is CCOC(=O)Cn1cc[nH]c(=O)c1=O. The Hall–Kier alpha value is -1.85. The van der Waals surface area contributed by atoms with Crippen LogP contribution in [-0.2, 0) is 16.1 Å². The van der Waals surface area contributed by atoms with Gasteiger partial charge in [-0.3, -0.25) is 19.0 Å². The van der Waals surface area contributed by atoms with E-state index in [9.17, 15) is 14.4 Å². The summed E-state index contributed by atoms with van der Waals surface area (Å²) in [7, 11) is 0. The molecule has 1 heterocycles. The van der Waals surface area contributed by atoms with Gasteiger partial charge in [0.1, 0.15) is 6.54 Å². The Morgan fingerprint density at radius 3 is 2.93 bits per heavy atom. The molecule has 1 aromatic heterocycles. The van der Waals surface area contributed by atoms with Crippen LogP contribution in [0, 0.1) is 0 Å². The number of aromatic amines is 1. The van der Waals surface area contributed by atoms with Crippen LogP contribution in [0.25, 0.3) is 0 Å². The molecule has 0 fully saturated rings. The highest BCUT2D eigenvalue weighted by atomic mass is 16.5. The second-order valence-corrected chi connectivity index (χ2v) is 2.53. The van der Waals surface area contributed by atoms with Crippen molar-refractivity contribution in [3.63, 3.8) is 0 Å². The molecule has 0 aliphatic heterocycles. The number of aromatic nitrogens is 2. The number of carbonyl (C=O) groups excluding carboxylic acids is 1. The third-order valence-electron chi connectivity index (χ3n) is 1.53. The van der Waals surface area contributed by atoms with E-state index in [1.165, 1.54) is 12.4 Å². The normalized spacial score (nSPS) is 9.79. The smallest absolute Gasteiger partial charge is 0.326 e. The summed E-state index contributed by atoms with van der Waals surface area (Å²) < 4.78 is 5.63. The molecule has 0 aliphatic carbocycles. The molecule has 1 N–H and O–H groups in total. The summed E-state index contributed by atoms with van der Waals surface area (Å²) in [5.74, 6) is -0.541. The first-order valence-electron chi connectivity index (χ1n) is 4.09. The fraction of sp³-hybridized carbons (Fsp3) is 0.375. The second kappa shape index (κ2) is 4.40. The van der Waals surface area contributed by atoms with Gasteiger partial charge >= 0.3 is 17.1 Å². The molecule has 0 saturated heterocycles. The first-order chi connectivity index (χ1) is 6.65. The standard InChI is InChI=1S/C8H10N2O4/c1-2-14-6(11)5-10-4-3-9-7(12)8(10)13/h3-4H,2,5H2,1H3,(H,9,12). The van der Waals surface area contributed by atoms with E-state index in [-0.39, 0.29) is 13.2 Å². The number of carbonyl (C=O) groups is 1. The molecule has 76 valence electrons. The van der Waals surface area contributed by atoms with Gasteiger partial charge in [0.25, 0.3) is 0 Å². The summed E-state index contributed by atoms with van der Waals surface area (Å²) >= 11 is 0. The third-order valence-corrected chi connectivity index (χ3v) is 1.53. The van der Waals surface area contributed by atoms with Crippen molar-refractivity contribution < 1.29 is 9.53 Å². The number of rotatable bonds is 3. The lowest BCUT2D eigenvalue weighted by Crippen LogP contribution is -2.37. The van der Waals surface area contributed by atoms with Crippen LogP contribution in [0.1, 0.15) is 6.92 Å². The molecule has 0 atom stereocenters. The summed E-state index contributed by atoms with van der Waals surface area (Å²) in [6.45, 7) is 1.67. The lowest BCUT2D eigenvalue weighted by Gasteiger charge is -2.03. The number of nitrogens with one attached hydrogen (secondary N) is 1. The van der Waals surface area contributed by atoms with Crippen molar-refractivity contribution in [2.75, 3.05) is 6.61 Å². The van der Waals surface area contributed by atoms with Crippen LogP contribution in [0.4, 0.5) is 0 Å². The number of esters is 1. The van der Waals surface area contributed by atoms with Crippen LogP contribution in [0.2, 0.25) is 0 Å². The minimum absolute atomic E-state index is 0.239. The minimum Gasteiger partial charge on any atom is -0.465 e. The topological polar surface area (TPSA) is 81.2 Å². The van der Waals surface area contributed by atoms with Gasteiger partial charge in [-0.25, -0.2) is 0 Å². The van der Waals surface area contributed by atoms with Crippen molar-refractivity contribution in [3.8, 4) is 0 Å². The van der Waals surface area contributed by atoms with E-state index in [1.807, 2.05) is 0 Å². The van der Waals surface area contributed by atoms with Crippen molar-refractivity contribution in [3.05, 3.63) is 33.1 Å². The predicted octanol–water partition coefficient (Wildman–Crippen LogP) is -0.900. The molecule has 0 aromatic carbocycles. The summed E-state index contributed by atoms with van der Waals surface area (Å²) in [5.41, 5.74) is -1.52. The second-order valence-electron chi connectivity index (χ2n) is 2.53. The minimum atomic E-state index is -0.763. The Balaban J connectivity index is 2.88. The number of hydrogen-bond acceptors (Lipinski definition) is 4. The molecule has 0 saturated carbocycles. The maximum Gasteiger partial charge on any atom is 0.326 e. The zero-order valence-corrected chi connectivity index (χ0v) is 7.65. The molecular formula is C8H10N2O4. The summed E-state index contributed by atoms with van der Waals surface area (Å²) in [5, 5.41) is 0. The van der Waals surface area contributed by atoms with Crippen molar-refractivity contribution >= 4 is 5.97 Å². The first-order valence-corrected chi connectivity index (χ1v) is 4.09. The molecular weight excluding hydrogens is 188 g/mol. The summed E-state index contributed by atoms with van der Waals surface area (Å²) in [6, 6.07) is 0. The van der Waals surface area contributed by atoms with Crippen molar-refractivity contribution in [1.29, 1.82) is 0 Å². The Morgan fingerprint density at radius 1 is 1.57 bits per heavy atom. The largest absolute Gasteiger partial charge is 0.465 e. The van der Waals surface area contributed by atoms with Crippen molar-refractivity contribution in [1.82, 2.24) is 9.55 Å². The Bertz CT molecular complexity index is 431. The van der Waals surface area contributed by atoms with E-state index < -0.39 is 17.1 Å². The van der Waals surface area contributed by atoms with Crippen LogP contribution in [-0.4, -0.2) is 22.1 Å². The van der Waals surface area contributed by atoms with Gasteiger partial charge in [0.2, 0.25) is 0 Å². The maximum absolute atomic E-state index is 11.1. The fourth-order valence-corrected chi connectivity index (χ4v) is 0.933. The van der Waals surface area contributed by atoms with E-state index in [1.54, 1.807) is 6.92 Å². The first kappa shape index (κ1) is 10.2. The molecule has 0 bridgehead atoms. The van der Waals surface area contributed by atoms with E-state index in [0.29, 0.717) is 0 Å². The fourth-order valence-electron chi connectivity index (χ4n) is 0.933. The lowest BCUT2D eigenvalue weighted by molar-refractivity contribution is -0.143. The quantitative estimate of drug-likeness (QED) is 0.504. The van der Waals surface area contributed by atoms with Crippen molar-refractivity contribution in [2.45, 2.75) is 13.5 Å². The third kappa shape index (κ3) is 2.32. The van der Waals surface area contributed by atoms with Crippen molar-refractivity contribution in [2.24, 2.45) is 0 Å². The Morgan fingerprint density at radius 2 is 2.29 bits per heavy atom. The molecule has 0 unspecified atom stereocenters. The highest BCUT2D eigenvalue weighted by molar-refractivity contribution is 5.69. The van der Waals surface area contributed by atoms with Gasteiger partial charge in [-0.05, 0) is 6.92 Å². The lowest BCUT2D eigenvalue weighted by atomic mass is 10.5. The van der Waals surface area contributed by atoms with Gasteiger partial charge in [-0.15, -0.1) is 0 Å². The van der Waals surface area contributed by atoms with Crippen LogP contribution in [0.15, 0.2) is 22.0 Å². The number of ether oxygens (including phenoxy) is 1. The van der Waals surface area contributed by atoms with E-state index in [0.717, 1.165) is 4.57 Å². The predicted molar refractivity (Wildman–Crippen MR) is 48.0 cm³/mol. The summed E-state index contributed by atoms with van der Waals surface area (Å²) in [4.78, 5) is 35.1. The van der Waals surface area contributed by atoms with Crippen LogP contribution in [0.5, 0.6) is 0 Å². The van der Waals surface area contributed by atoms with E-state index >= 15 is 0 Å². The van der Waals surface area contributed by atoms with E-state index in [4.69, 9.17) is 0 Å². The Kier molecular flexibility index (Phi) is 3.22. The van der Waals surface area contributed by atoms with Gasteiger partial charge in [0, 0.05) is 12.4 Å². The molecule has 6 nitrogen and oxygen atoms in total. The van der Waals surface area contributed by atoms with Crippen LogP contribution >= 0.6 is 0 Å². The van der Waals surface area contributed by atoms with Gasteiger partial charge in [0.05, 0.1) is 6.61 Å². The maximum atomic E-state index is 11.1. The zero-order chi connectivity index (χ0) is 10.6. The molecule has 0 aliphatic rings. The zero-order valence-electron chi connectivity index (χ0n) is 7.65. The van der Waals surface area contributed by atoms with Gasteiger partial charge in [0.15, 0.2) is 0 Å². The number of nitrogens with zero attached hydrogens (tertiary/aromatic N) is 1. The average molecular weight is 198 g/mol. The monoisotopic (exact) mass is 198 g/mol. The molecule has 0 amide bonds. The summed E-state index contributed by atoms with van der Waals surface area (Å²) in [6.07, 6.45) is 2.61. The van der Waals surface area contributed by atoms with Gasteiger partial charge in [-0.2, -0.15) is 0 Å². The van der Waals surface area contributed by atoms with Crippen LogP contribution in [0.3, 0.4) is 0 Å². The Labute approximate surface area is 79.1 Å². The molecule has 1 aromatic rings. The molecule has 14 heavy (non-hydrogen) atoms. The van der Waals surface area contributed by atoms with Crippen LogP contribution < -0.4 is 11.1 Å². The molecule has 0 spiro atoms. The average Bonchev–Trinajstić information content (AvgIpc) is 2.13. The molecule has 6 heteroatoms. The highest BCUT2D eigenvalue weighted by Gasteiger charge is 2.05.